The molecule has 1 atom stereocenters. The fraction of sp³-hybridized carbons (Fsp3) is 0.438. The highest BCUT2D eigenvalue weighted by Gasteiger charge is 2.13. The number of methoxy groups -OCH3 is 1. The third-order valence-corrected chi connectivity index (χ3v) is 3.91. The molecular weight excluding hydrogens is 250 g/mol. The Labute approximate surface area is 119 Å². The average Bonchev–Trinajstić information content (AvgIpc) is 3.07. The summed E-state index contributed by atoms with van der Waals surface area (Å²) in [7, 11) is 1.72. The van der Waals surface area contributed by atoms with E-state index in [1.54, 1.807) is 7.11 Å². The Balaban J connectivity index is 1.79. The maximum absolute atomic E-state index is 5.22. The first-order chi connectivity index (χ1) is 9.78. The topological polar surface area (TPSA) is 39.1 Å². The number of hydrogen-bond acceptors (Lipinski definition) is 3. The van der Waals surface area contributed by atoms with Crippen LogP contribution in [-0.4, -0.2) is 23.3 Å². The number of hydrogen-bond donors (Lipinski definition) is 1. The largest absolute Gasteiger partial charge is 0.383 e. The molecule has 1 heterocycles. The predicted octanol–water partition coefficient (Wildman–Crippen LogP) is 3.32. The van der Waals surface area contributed by atoms with Gasteiger partial charge in [-0.3, -0.25) is 0 Å². The Hall–Kier alpha value is -1.81. The van der Waals surface area contributed by atoms with Gasteiger partial charge in [0.15, 0.2) is 0 Å². The number of rotatable bonds is 5. The fourth-order valence-electron chi connectivity index (χ4n) is 2.87. The lowest BCUT2D eigenvalue weighted by Crippen LogP contribution is -2.12. The first-order valence-corrected chi connectivity index (χ1v) is 7.18. The first kappa shape index (κ1) is 13.2. The van der Waals surface area contributed by atoms with Crippen LogP contribution in [-0.2, 0) is 17.6 Å². The summed E-state index contributed by atoms with van der Waals surface area (Å²) in [6.45, 7) is 2.80. The number of benzene rings is 1. The quantitative estimate of drug-likeness (QED) is 0.906. The Morgan fingerprint density at radius 1 is 1.35 bits per heavy atom. The highest BCUT2D eigenvalue weighted by atomic mass is 16.5. The molecule has 3 rings (SSSR count). The normalized spacial score (nSPS) is 15.1. The van der Waals surface area contributed by atoms with Crippen molar-refractivity contribution in [3.8, 4) is 0 Å². The molecule has 4 heteroatoms. The molecule has 2 aromatic rings. The first-order valence-electron chi connectivity index (χ1n) is 7.18. The number of ether oxygens (including phenoxy) is 1. The van der Waals surface area contributed by atoms with E-state index >= 15 is 0 Å². The van der Waals surface area contributed by atoms with E-state index in [0.717, 1.165) is 11.6 Å². The van der Waals surface area contributed by atoms with Crippen LogP contribution in [0.2, 0.25) is 0 Å². The molecule has 20 heavy (non-hydrogen) atoms. The molecule has 106 valence electrons. The highest BCUT2D eigenvalue weighted by Crippen LogP contribution is 2.26. The van der Waals surface area contributed by atoms with Crippen LogP contribution in [0.1, 0.15) is 30.5 Å². The molecule has 1 aliphatic carbocycles. The van der Waals surface area contributed by atoms with Gasteiger partial charge in [0.25, 0.3) is 0 Å². The summed E-state index contributed by atoms with van der Waals surface area (Å²) in [6.07, 6.45) is 7.49. The third-order valence-electron chi connectivity index (χ3n) is 3.91. The molecule has 0 aliphatic heterocycles. The fourth-order valence-corrected chi connectivity index (χ4v) is 2.87. The molecule has 1 aliphatic rings. The van der Waals surface area contributed by atoms with Crippen molar-refractivity contribution < 1.29 is 4.74 Å². The van der Waals surface area contributed by atoms with E-state index in [4.69, 9.17) is 4.74 Å². The lowest BCUT2D eigenvalue weighted by Gasteiger charge is -2.16. The van der Waals surface area contributed by atoms with Crippen molar-refractivity contribution in [2.24, 2.45) is 0 Å². The molecule has 1 N–H and O–H groups in total. The van der Waals surface area contributed by atoms with Crippen molar-refractivity contribution in [1.82, 2.24) is 9.55 Å². The van der Waals surface area contributed by atoms with Gasteiger partial charge in [-0.25, -0.2) is 4.98 Å². The number of anilines is 2. The van der Waals surface area contributed by atoms with Crippen LogP contribution in [0.25, 0.3) is 0 Å². The second-order valence-corrected chi connectivity index (χ2v) is 5.42. The van der Waals surface area contributed by atoms with Gasteiger partial charge in [-0.1, -0.05) is 6.07 Å². The Kier molecular flexibility index (Phi) is 3.74. The maximum Gasteiger partial charge on any atom is 0.207 e. The number of nitrogens with one attached hydrogen (secondary N) is 1. The zero-order valence-corrected chi connectivity index (χ0v) is 12.1. The van der Waals surface area contributed by atoms with E-state index in [1.807, 2.05) is 12.4 Å². The molecule has 1 unspecified atom stereocenters. The summed E-state index contributed by atoms with van der Waals surface area (Å²) in [4.78, 5) is 4.40. The standard InChI is InChI=1S/C16H21N3O/c1-12(11-20-2)19-9-8-17-16(19)18-15-7-6-13-4-3-5-14(13)10-15/h6-10,12H,3-5,11H2,1-2H3,(H,17,18). The van der Waals surface area contributed by atoms with E-state index in [-0.39, 0.29) is 6.04 Å². The lowest BCUT2D eigenvalue weighted by atomic mass is 10.1. The predicted molar refractivity (Wildman–Crippen MR) is 80.6 cm³/mol. The summed E-state index contributed by atoms with van der Waals surface area (Å²) in [5, 5.41) is 3.42. The smallest absolute Gasteiger partial charge is 0.207 e. The molecule has 0 saturated heterocycles. The van der Waals surface area contributed by atoms with E-state index in [9.17, 15) is 0 Å². The molecule has 0 fully saturated rings. The second-order valence-electron chi connectivity index (χ2n) is 5.42. The molecule has 4 nitrogen and oxygen atoms in total. The van der Waals surface area contributed by atoms with Crippen LogP contribution < -0.4 is 5.32 Å². The lowest BCUT2D eigenvalue weighted by molar-refractivity contribution is 0.163. The molecule has 0 saturated carbocycles. The van der Waals surface area contributed by atoms with Gasteiger partial charge in [0.2, 0.25) is 5.95 Å². The van der Waals surface area contributed by atoms with Crippen molar-refractivity contribution in [2.75, 3.05) is 19.0 Å². The van der Waals surface area contributed by atoms with Crippen molar-refractivity contribution in [3.63, 3.8) is 0 Å². The van der Waals surface area contributed by atoms with Gasteiger partial charge in [0, 0.05) is 25.2 Å². The molecular formula is C16H21N3O. The molecule has 0 spiro atoms. The zero-order chi connectivity index (χ0) is 13.9. The monoisotopic (exact) mass is 271 g/mol. The molecule has 1 aromatic heterocycles. The van der Waals surface area contributed by atoms with Crippen molar-refractivity contribution in [2.45, 2.75) is 32.2 Å². The number of aromatic nitrogens is 2. The number of nitrogens with zero attached hydrogens (tertiary/aromatic N) is 2. The van der Waals surface area contributed by atoms with E-state index in [1.165, 1.54) is 30.4 Å². The zero-order valence-electron chi connectivity index (χ0n) is 12.1. The third kappa shape index (κ3) is 2.56. The molecule has 0 amide bonds. The van der Waals surface area contributed by atoms with Crippen LogP contribution in [0.3, 0.4) is 0 Å². The van der Waals surface area contributed by atoms with Gasteiger partial charge < -0.3 is 14.6 Å². The van der Waals surface area contributed by atoms with Gasteiger partial charge in [0.05, 0.1) is 12.6 Å². The van der Waals surface area contributed by atoms with Gasteiger partial charge in [-0.2, -0.15) is 0 Å². The van der Waals surface area contributed by atoms with Crippen LogP contribution in [0.5, 0.6) is 0 Å². The van der Waals surface area contributed by atoms with Gasteiger partial charge in [-0.05, 0) is 49.4 Å². The SMILES string of the molecule is COCC(C)n1ccnc1Nc1ccc2c(c1)CCC2. The highest BCUT2D eigenvalue weighted by molar-refractivity contribution is 5.57. The molecule has 0 radical (unpaired) electrons. The average molecular weight is 271 g/mol. The van der Waals surface area contributed by atoms with E-state index in [2.05, 4.69) is 40.0 Å². The Morgan fingerprint density at radius 2 is 2.20 bits per heavy atom. The summed E-state index contributed by atoms with van der Waals surface area (Å²) in [6, 6.07) is 6.89. The van der Waals surface area contributed by atoms with Crippen LogP contribution >= 0.6 is 0 Å². The van der Waals surface area contributed by atoms with Crippen LogP contribution in [0, 0.1) is 0 Å². The molecule has 0 bridgehead atoms. The summed E-state index contributed by atoms with van der Waals surface area (Å²) in [5.41, 5.74) is 4.08. The van der Waals surface area contributed by atoms with Gasteiger partial charge in [0.1, 0.15) is 0 Å². The Bertz CT molecular complexity index is 591. The number of fused-ring (bicyclic) bond motifs is 1. The summed E-state index contributed by atoms with van der Waals surface area (Å²) in [5.74, 6) is 0.868. The molecule has 1 aromatic carbocycles. The number of imidazole rings is 1. The van der Waals surface area contributed by atoms with E-state index < -0.39 is 0 Å². The maximum atomic E-state index is 5.22. The van der Waals surface area contributed by atoms with Gasteiger partial charge in [-0.15, -0.1) is 0 Å². The van der Waals surface area contributed by atoms with Crippen molar-refractivity contribution >= 4 is 11.6 Å². The van der Waals surface area contributed by atoms with Crippen molar-refractivity contribution in [1.29, 1.82) is 0 Å². The second kappa shape index (κ2) is 5.67. The number of aryl methyl sites for hydroxylation is 2. The van der Waals surface area contributed by atoms with E-state index in [0.29, 0.717) is 6.61 Å². The minimum atomic E-state index is 0.263. The minimum absolute atomic E-state index is 0.263. The Morgan fingerprint density at radius 3 is 3.05 bits per heavy atom. The minimum Gasteiger partial charge on any atom is -0.383 e. The van der Waals surface area contributed by atoms with Crippen LogP contribution in [0.15, 0.2) is 30.6 Å². The van der Waals surface area contributed by atoms with Crippen LogP contribution in [0.4, 0.5) is 11.6 Å². The van der Waals surface area contributed by atoms with Gasteiger partial charge >= 0.3 is 0 Å². The van der Waals surface area contributed by atoms with Crippen molar-refractivity contribution in [3.05, 3.63) is 41.7 Å². The summed E-state index contributed by atoms with van der Waals surface area (Å²) >= 11 is 0. The summed E-state index contributed by atoms with van der Waals surface area (Å²) < 4.78 is 7.32.